The van der Waals surface area contributed by atoms with E-state index in [1.54, 1.807) is 39.5 Å². The second-order valence-electron chi connectivity index (χ2n) is 6.16. The highest BCUT2D eigenvalue weighted by atomic mass is 32.2. The topological polar surface area (TPSA) is 69.2 Å². The van der Waals surface area contributed by atoms with Crippen molar-refractivity contribution in [1.82, 2.24) is 5.32 Å². The molecule has 0 aromatic heterocycles. The first-order valence-corrected chi connectivity index (χ1v) is 9.44. The maximum Gasteiger partial charge on any atom is 0.264 e. The van der Waals surface area contributed by atoms with Crippen molar-refractivity contribution in [3.05, 3.63) is 51.9 Å². The van der Waals surface area contributed by atoms with Gasteiger partial charge in [0.25, 0.3) is 5.91 Å². The lowest BCUT2D eigenvalue weighted by atomic mass is 10.1. The van der Waals surface area contributed by atoms with E-state index in [-0.39, 0.29) is 5.91 Å². The van der Waals surface area contributed by atoms with Crippen LogP contribution in [0.15, 0.2) is 40.2 Å². The van der Waals surface area contributed by atoms with Gasteiger partial charge in [0.15, 0.2) is 16.7 Å². The molecule has 0 spiro atoms. The summed E-state index contributed by atoms with van der Waals surface area (Å²) in [5, 5.41) is 3.37. The molecule has 0 bridgehead atoms. The lowest BCUT2D eigenvalue weighted by molar-refractivity contribution is -0.115. The summed E-state index contributed by atoms with van der Waals surface area (Å²) in [5.74, 6) is 1.37. The van der Waals surface area contributed by atoms with E-state index in [0.717, 1.165) is 22.4 Å². The summed E-state index contributed by atoms with van der Waals surface area (Å²) in [6, 6.07) is 9.51. The number of carbonyl (C=O) groups is 1. The second kappa shape index (κ2) is 8.39. The first-order chi connectivity index (χ1) is 13.5. The molecule has 1 aliphatic rings. The van der Waals surface area contributed by atoms with Crippen LogP contribution >= 0.6 is 11.8 Å². The van der Waals surface area contributed by atoms with Crippen LogP contribution in [0.3, 0.4) is 0 Å². The molecule has 1 amide bonds. The standard InChI is InChI=1S/C21H22N2O4S/c1-12-7-6-8-15(13(12)2)22-21-23-20(24)18(28-21)11-14-9-16(25-3)19(27-5)17(10-14)26-4/h6-11H,1-5H3,(H,22,23,24). The monoisotopic (exact) mass is 398 g/mol. The highest BCUT2D eigenvalue weighted by Gasteiger charge is 2.24. The van der Waals surface area contributed by atoms with E-state index >= 15 is 0 Å². The van der Waals surface area contributed by atoms with Gasteiger partial charge in [-0.15, -0.1) is 0 Å². The van der Waals surface area contributed by atoms with E-state index in [4.69, 9.17) is 14.2 Å². The molecule has 1 aliphatic heterocycles. The van der Waals surface area contributed by atoms with Gasteiger partial charge in [0, 0.05) is 0 Å². The predicted molar refractivity (Wildman–Crippen MR) is 113 cm³/mol. The van der Waals surface area contributed by atoms with Gasteiger partial charge in [-0.3, -0.25) is 4.79 Å². The zero-order valence-electron chi connectivity index (χ0n) is 16.5. The lowest BCUT2D eigenvalue weighted by Gasteiger charge is -2.12. The minimum atomic E-state index is -0.192. The molecule has 1 saturated heterocycles. The van der Waals surface area contributed by atoms with Crippen LogP contribution in [0.4, 0.5) is 5.69 Å². The van der Waals surface area contributed by atoms with Crippen molar-refractivity contribution < 1.29 is 19.0 Å². The fourth-order valence-electron chi connectivity index (χ4n) is 2.78. The van der Waals surface area contributed by atoms with Gasteiger partial charge in [-0.2, -0.15) is 0 Å². The van der Waals surface area contributed by atoms with E-state index < -0.39 is 0 Å². The number of aliphatic imine (C=N–C) groups is 1. The van der Waals surface area contributed by atoms with Crippen molar-refractivity contribution in [2.45, 2.75) is 13.8 Å². The number of aryl methyl sites for hydroxylation is 1. The number of methoxy groups -OCH3 is 3. The first-order valence-electron chi connectivity index (χ1n) is 8.62. The Morgan fingerprint density at radius 1 is 1.04 bits per heavy atom. The Kier molecular flexibility index (Phi) is 5.94. The zero-order valence-corrected chi connectivity index (χ0v) is 17.3. The molecule has 6 nitrogen and oxygen atoms in total. The number of carbonyl (C=O) groups excluding carboxylic acids is 1. The van der Waals surface area contributed by atoms with Crippen LogP contribution in [-0.2, 0) is 4.79 Å². The molecular formula is C21H22N2O4S. The van der Waals surface area contributed by atoms with Crippen LogP contribution in [0.1, 0.15) is 16.7 Å². The minimum Gasteiger partial charge on any atom is -0.493 e. The third kappa shape index (κ3) is 3.99. The summed E-state index contributed by atoms with van der Waals surface area (Å²) in [5.41, 5.74) is 3.85. The maximum absolute atomic E-state index is 12.4. The Labute approximate surface area is 168 Å². The van der Waals surface area contributed by atoms with E-state index in [9.17, 15) is 4.79 Å². The highest BCUT2D eigenvalue weighted by molar-refractivity contribution is 8.18. The number of thioether (sulfide) groups is 1. The second-order valence-corrected chi connectivity index (χ2v) is 7.19. The van der Waals surface area contributed by atoms with Crippen molar-refractivity contribution in [3.8, 4) is 17.2 Å². The Hall–Kier alpha value is -2.93. The summed E-state index contributed by atoms with van der Waals surface area (Å²) >= 11 is 1.30. The minimum absolute atomic E-state index is 0.192. The molecule has 1 heterocycles. The molecule has 0 atom stereocenters. The fourth-order valence-corrected chi connectivity index (χ4v) is 3.62. The number of ether oxygens (including phenoxy) is 3. The average molecular weight is 398 g/mol. The summed E-state index contributed by atoms with van der Waals surface area (Å²) in [4.78, 5) is 17.5. The lowest BCUT2D eigenvalue weighted by Crippen LogP contribution is -2.19. The molecule has 28 heavy (non-hydrogen) atoms. The zero-order chi connectivity index (χ0) is 20.3. The molecule has 0 radical (unpaired) electrons. The maximum atomic E-state index is 12.4. The van der Waals surface area contributed by atoms with E-state index in [1.807, 2.05) is 32.0 Å². The molecule has 1 fully saturated rings. The molecule has 3 rings (SSSR count). The van der Waals surface area contributed by atoms with Crippen LogP contribution in [0.2, 0.25) is 0 Å². The SMILES string of the molecule is COc1cc(C=C2SC(=Nc3cccc(C)c3C)NC2=O)cc(OC)c1OC. The number of nitrogens with one attached hydrogen (secondary N) is 1. The molecule has 1 N–H and O–H groups in total. The van der Waals surface area contributed by atoms with Gasteiger partial charge < -0.3 is 19.5 Å². The molecule has 0 unspecified atom stereocenters. The summed E-state index contributed by atoms with van der Waals surface area (Å²) in [6.45, 7) is 4.05. The van der Waals surface area contributed by atoms with Crippen LogP contribution < -0.4 is 19.5 Å². The Morgan fingerprint density at radius 3 is 2.32 bits per heavy atom. The summed E-state index contributed by atoms with van der Waals surface area (Å²) < 4.78 is 16.1. The number of nitrogens with zero attached hydrogens (tertiary/aromatic N) is 1. The van der Waals surface area contributed by atoms with Gasteiger partial charge in [-0.1, -0.05) is 12.1 Å². The normalized spacial score (nSPS) is 16.4. The van der Waals surface area contributed by atoms with Crippen molar-refractivity contribution in [3.63, 3.8) is 0 Å². The number of hydrogen-bond acceptors (Lipinski definition) is 6. The number of rotatable bonds is 5. The van der Waals surface area contributed by atoms with Gasteiger partial charge in [0.1, 0.15) is 0 Å². The molecule has 146 valence electrons. The van der Waals surface area contributed by atoms with Crippen LogP contribution in [-0.4, -0.2) is 32.4 Å². The molecular weight excluding hydrogens is 376 g/mol. The van der Waals surface area contributed by atoms with E-state index in [0.29, 0.717) is 27.3 Å². The van der Waals surface area contributed by atoms with Crippen LogP contribution in [0, 0.1) is 13.8 Å². The average Bonchev–Trinajstić information content (AvgIpc) is 3.03. The molecule has 7 heteroatoms. The molecule has 2 aromatic carbocycles. The number of benzene rings is 2. The smallest absolute Gasteiger partial charge is 0.264 e. The first kappa shape index (κ1) is 19.8. The Balaban J connectivity index is 1.93. The van der Waals surface area contributed by atoms with Gasteiger partial charge >= 0.3 is 0 Å². The van der Waals surface area contributed by atoms with E-state index in [2.05, 4.69) is 10.3 Å². The summed E-state index contributed by atoms with van der Waals surface area (Å²) in [7, 11) is 4.66. The molecule has 0 aliphatic carbocycles. The third-order valence-corrected chi connectivity index (χ3v) is 5.34. The van der Waals surface area contributed by atoms with Gasteiger partial charge in [0.2, 0.25) is 5.75 Å². The fraction of sp³-hybridized carbons (Fsp3) is 0.238. The van der Waals surface area contributed by atoms with Crippen molar-refractivity contribution in [1.29, 1.82) is 0 Å². The number of amidine groups is 1. The van der Waals surface area contributed by atoms with E-state index in [1.165, 1.54) is 11.8 Å². The van der Waals surface area contributed by atoms with Crippen LogP contribution in [0.25, 0.3) is 6.08 Å². The van der Waals surface area contributed by atoms with Gasteiger partial charge in [-0.05, 0) is 66.6 Å². The Morgan fingerprint density at radius 2 is 1.71 bits per heavy atom. The molecule has 0 saturated carbocycles. The third-order valence-electron chi connectivity index (χ3n) is 4.43. The molecule has 2 aromatic rings. The highest BCUT2D eigenvalue weighted by Crippen LogP contribution is 2.39. The van der Waals surface area contributed by atoms with Crippen molar-refractivity contribution >= 4 is 34.6 Å². The quantitative estimate of drug-likeness (QED) is 0.764. The van der Waals surface area contributed by atoms with Gasteiger partial charge in [-0.25, -0.2) is 4.99 Å². The van der Waals surface area contributed by atoms with Crippen molar-refractivity contribution in [2.24, 2.45) is 4.99 Å². The number of hydrogen-bond donors (Lipinski definition) is 1. The van der Waals surface area contributed by atoms with Gasteiger partial charge in [0.05, 0.1) is 31.9 Å². The summed E-state index contributed by atoms with van der Waals surface area (Å²) in [6.07, 6.45) is 1.77. The predicted octanol–water partition coefficient (Wildman–Crippen LogP) is 4.22. The van der Waals surface area contributed by atoms with Crippen molar-refractivity contribution in [2.75, 3.05) is 21.3 Å². The van der Waals surface area contributed by atoms with Crippen LogP contribution in [0.5, 0.6) is 17.2 Å². The number of amides is 1. The largest absolute Gasteiger partial charge is 0.493 e. The Bertz CT molecular complexity index is 957.